The zero-order valence-corrected chi connectivity index (χ0v) is 12.4. The molecule has 1 aromatic rings. The van der Waals surface area contributed by atoms with E-state index in [-0.39, 0.29) is 0 Å². The van der Waals surface area contributed by atoms with Crippen LogP contribution in [0.15, 0.2) is 12.3 Å². The van der Waals surface area contributed by atoms with Gasteiger partial charge in [0.15, 0.2) is 0 Å². The van der Waals surface area contributed by atoms with E-state index in [1.54, 1.807) is 12.3 Å². The molecule has 0 radical (unpaired) electrons. The van der Waals surface area contributed by atoms with Gasteiger partial charge in [0.25, 0.3) is 0 Å². The third-order valence-corrected chi connectivity index (χ3v) is 3.57. The summed E-state index contributed by atoms with van der Waals surface area (Å²) in [5.41, 5.74) is 0. The number of halogens is 2. The van der Waals surface area contributed by atoms with E-state index in [0.717, 1.165) is 38.5 Å². The van der Waals surface area contributed by atoms with Crippen LogP contribution >= 0.6 is 23.2 Å². The van der Waals surface area contributed by atoms with Crippen molar-refractivity contribution in [1.82, 2.24) is 9.88 Å². The molecule has 3 nitrogen and oxygen atoms in total. The van der Waals surface area contributed by atoms with Crippen LogP contribution in [0, 0.1) is 5.92 Å². The molecule has 1 aliphatic rings. The minimum atomic E-state index is 0.585. The molecule has 0 saturated carbocycles. The minimum absolute atomic E-state index is 0.585. The van der Waals surface area contributed by atoms with Crippen molar-refractivity contribution in [2.75, 3.05) is 37.6 Å². The molecule has 0 aliphatic carbocycles. The Morgan fingerprint density at radius 3 is 2.44 bits per heavy atom. The van der Waals surface area contributed by atoms with Crippen molar-refractivity contribution in [2.45, 2.75) is 13.8 Å². The Bertz CT molecular complexity index is 401. The standard InChI is InChI=1S/C13H19Cl2N3/c1-10(2)9-17-3-5-18(6-4-17)13-12(15)7-11(14)8-16-13/h7-8,10H,3-6,9H2,1-2H3. The second-order valence-electron chi connectivity index (χ2n) is 5.14. The summed E-state index contributed by atoms with van der Waals surface area (Å²) in [5.74, 6) is 1.57. The SMILES string of the molecule is CC(C)CN1CCN(c2ncc(Cl)cc2Cl)CC1. The van der Waals surface area contributed by atoms with Crippen LogP contribution < -0.4 is 4.90 Å². The lowest BCUT2D eigenvalue weighted by Crippen LogP contribution is -2.47. The number of hydrogen-bond donors (Lipinski definition) is 0. The molecule has 0 unspecified atom stereocenters. The smallest absolute Gasteiger partial charge is 0.147 e. The lowest BCUT2D eigenvalue weighted by molar-refractivity contribution is 0.231. The van der Waals surface area contributed by atoms with E-state index in [4.69, 9.17) is 23.2 Å². The molecule has 1 fully saturated rings. The molecule has 2 rings (SSSR count). The minimum Gasteiger partial charge on any atom is -0.353 e. The average molecular weight is 288 g/mol. The molecule has 5 heteroatoms. The molecule has 1 aromatic heterocycles. The Kier molecular flexibility index (Phi) is 4.71. The van der Waals surface area contributed by atoms with E-state index in [1.165, 1.54) is 0 Å². The summed E-state index contributed by atoms with van der Waals surface area (Å²) in [4.78, 5) is 9.05. The van der Waals surface area contributed by atoms with Crippen LogP contribution in [0.3, 0.4) is 0 Å². The Morgan fingerprint density at radius 2 is 1.89 bits per heavy atom. The molecule has 0 spiro atoms. The van der Waals surface area contributed by atoms with Crippen LogP contribution in [-0.4, -0.2) is 42.6 Å². The lowest BCUT2D eigenvalue weighted by Gasteiger charge is -2.36. The highest BCUT2D eigenvalue weighted by Crippen LogP contribution is 2.26. The quantitative estimate of drug-likeness (QED) is 0.851. The molecule has 1 saturated heterocycles. The van der Waals surface area contributed by atoms with Crippen molar-refractivity contribution in [3.8, 4) is 0 Å². The number of piperazine rings is 1. The maximum absolute atomic E-state index is 6.18. The summed E-state index contributed by atoms with van der Waals surface area (Å²) in [7, 11) is 0. The summed E-state index contributed by atoms with van der Waals surface area (Å²) < 4.78 is 0. The molecular weight excluding hydrogens is 269 g/mol. The molecular formula is C13H19Cl2N3. The molecule has 18 heavy (non-hydrogen) atoms. The maximum Gasteiger partial charge on any atom is 0.147 e. The second kappa shape index (κ2) is 6.09. The molecule has 0 amide bonds. The largest absolute Gasteiger partial charge is 0.353 e. The Morgan fingerprint density at radius 1 is 1.22 bits per heavy atom. The van der Waals surface area contributed by atoms with Crippen LogP contribution in [0.5, 0.6) is 0 Å². The van der Waals surface area contributed by atoms with Crippen LogP contribution in [-0.2, 0) is 0 Å². The van der Waals surface area contributed by atoms with E-state index in [1.807, 2.05) is 0 Å². The number of anilines is 1. The van der Waals surface area contributed by atoms with Gasteiger partial charge in [-0.25, -0.2) is 4.98 Å². The van der Waals surface area contributed by atoms with E-state index in [2.05, 4.69) is 28.6 Å². The first-order chi connectivity index (χ1) is 8.56. The highest BCUT2D eigenvalue weighted by molar-refractivity contribution is 6.36. The molecule has 0 N–H and O–H groups in total. The molecule has 0 aromatic carbocycles. The van der Waals surface area contributed by atoms with Gasteiger partial charge in [-0.3, -0.25) is 4.90 Å². The van der Waals surface area contributed by atoms with Crippen molar-refractivity contribution in [3.05, 3.63) is 22.3 Å². The fraction of sp³-hybridized carbons (Fsp3) is 0.615. The molecule has 1 aliphatic heterocycles. The topological polar surface area (TPSA) is 19.4 Å². The monoisotopic (exact) mass is 287 g/mol. The van der Waals surface area contributed by atoms with Gasteiger partial charge >= 0.3 is 0 Å². The van der Waals surface area contributed by atoms with Gasteiger partial charge in [-0.15, -0.1) is 0 Å². The summed E-state index contributed by atoms with van der Waals surface area (Å²) in [6.45, 7) is 9.75. The zero-order chi connectivity index (χ0) is 13.1. The van der Waals surface area contributed by atoms with E-state index >= 15 is 0 Å². The number of hydrogen-bond acceptors (Lipinski definition) is 3. The predicted molar refractivity (Wildman–Crippen MR) is 77.7 cm³/mol. The van der Waals surface area contributed by atoms with Crippen LogP contribution in [0.1, 0.15) is 13.8 Å². The third-order valence-electron chi connectivity index (χ3n) is 3.08. The summed E-state index contributed by atoms with van der Waals surface area (Å²) in [6.07, 6.45) is 1.66. The first-order valence-corrected chi connectivity index (χ1v) is 7.10. The number of aromatic nitrogens is 1. The van der Waals surface area contributed by atoms with Crippen molar-refractivity contribution in [2.24, 2.45) is 5.92 Å². The Labute approximate surface area is 119 Å². The van der Waals surface area contributed by atoms with Gasteiger partial charge in [0, 0.05) is 38.9 Å². The van der Waals surface area contributed by atoms with Crippen molar-refractivity contribution in [3.63, 3.8) is 0 Å². The molecule has 0 bridgehead atoms. The average Bonchev–Trinajstić information content (AvgIpc) is 2.30. The zero-order valence-electron chi connectivity index (χ0n) is 10.9. The van der Waals surface area contributed by atoms with E-state index in [0.29, 0.717) is 16.0 Å². The van der Waals surface area contributed by atoms with E-state index < -0.39 is 0 Å². The highest BCUT2D eigenvalue weighted by Gasteiger charge is 2.20. The first-order valence-electron chi connectivity index (χ1n) is 6.34. The Balaban J connectivity index is 1.97. The van der Waals surface area contributed by atoms with Crippen molar-refractivity contribution in [1.29, 1.82) is 0 Å². The van der Waals surface area contributed by atoms with Gasteiger partial charge in [-0.05, 0) is 12.0 Å². The normalized spacial score (nSPS) is 17.5. The van der Waals surface area contributed by atoms with E-state index in [9.17, 15) is 0 Å². The summed E-state index contributed by atoms with van der Waals surface area (Å²) in [6, 6.07) is 1.76. The van der Waals surface area contributed by atoms with Crippen molar-refractivity contribution >= 4 is 29.0 Å². The Hall–Kier alpha value is -0.510. The fourth-order valence-electron chi connectivity index (χ4n) is 2.30. The molecule has 0 atom stereocenters. The predicted octanol–water partition coefficient (Wildman–Crippen LogP) is 3.17. The summed E-state index contributed by atoms with van der Waals surface area (Å²) >= 11 is 12.0. The number of nitrogens with zero attached hydrogens (tertiary/aromatic N) is 3. The van der Waals surface area contributed by atoms with Gasteiger partial charge in [-0.2, -0.15) is 0 Å². The van der Waals surface area contributed by atoms with Crippen LogP contribution in [0.25, 0.3) is 0 Å². The van der Waals surface area contributed by atoms with Gasteiger partial charge < -0.3 is 4.90 Å². The third kappa shape index (κ3) is 3.50. The molecule has 100 valence electrons. The van der Waals surface area contributed by atoms with Crippen LogP contribution in [0.2, 0.25) is 10.0 Å². The number of pyridine rings is 1. The van der Waals surface area contributed by atoms with Gasteiger partial charge in [0.05, 0.1) is 10.0 Å². The highest BCUT2D eigenvalue weighted by atomic mass is 35.5. The lowest BCUT2D eigenvalue weighted by atomic mass is 10.2. The summed E-state index contributed by atoms with van der Waals surface area (Å²) in [5, 5.41) is 1.22. The molecule has 2 heterocycles. The van der Waals surface area contributed by atoms with Gasteiger partial charge in [0.1, 0.15) is 5.82 Å². The number of rotatable bonds is 3. The fourth-order valence-corrected chi connectivity index (χ4v) is 2.80. The maximum atomic E-state index is 6.18. The first kappa shape index (κ1) is 13.9. The second-order valence-corrected chi connectivity index (χ2v) is 5.98. The van der Waals surface area contributed by atoms with Gasteiger partial charge in [0.2, 0.25) is 0 Å². The van der Waals surface area contributed by atoms with Crippen molar-refractivity contribution < 1.29 is 0 Å². The van der Waals surface area contributed by atoms with Crippen LogP contribution in [0.4, 0.5) is 5.82 Å². The van der Waals surface area contributed by atoms with Gasteiger partial charge in [-0.1, -0.05) is 37.0 Å².